The van der Waals surface area contributed by atoms with Crippen molar-refractivity contribution < 1.29 is 9.53 Å². The van der Waals surface area contributed by atoms with Crippen molar-refractivity contribution in [3.63, 3.8) is 0 Å². The number of aromatic nitrogens is 1. The van der Waals surface area contributed by atoms with E-state index in [4.69, 9.17) is 16.3 Å². The minimum Gasteiger partial charge on any atom is -0.465 e. The number of nitrogens with one attached hydrogen (secondary N) is 1. The van der Waals surface area contributed by atoms with Gasteiger partial charge >= 0.3 is 5.97 Å². The summed E-state index contributed by atoms with van der Waals surface area (Å²) >= 11 is 8.39. The van der Waals surface area contributed by atoms with E-state index < -0.39 is 0 Å². The Labute approximate surface area is 169 Å². The number of aromatic amines is 1. The molecule has 0 aliphatic heterocycles. The Bertz CT molecular complexity index is 1000. The van der Waals surface area contributed by atoms with E-state index >= 15 is 0 Å². The minimum atomic E-state index is -0.330. The van der Waals surface area contributed by atoms with Gasteiger partial charge in [-0.15, -0.1) is 11.8 Å². The maximum absolute atomic E-state index is 11.9. The number of thioether (sulfide) groups is 1. The van der Waals surface area contributed by atoms with Gasteiger partial charge in [-0.1, -0.05) is 38.4 Å². The summed E-state index contributed by atoms with van der Waals surface area (Å²) in [6, 6.07) is 11.8. The lowest BCUT2D eigenvalue weighted by atomic mass is 10.0. The fourth-order valence-electron chi connectivity index (χ4n) is 3.13. The molecule has 2 aromatic carbocycles. The standard InChI is InChI=1S/C22H24ClNO2S/c1-13-17(18-11-15(21(25)26-5)7-9-20(18)24-13)10-14-6-8-16(12-19(14)23)27-22(2,3)4/h6-9,11-12,24H,10H2,1-5H3. The van der Waals surface area contributed by atoms with Crippen molar-refractivity contribution in [2.24, 2.45) is 0 Å². The van der Waals surface area contributed by atoms with Crippen LogP contribution in [-0.2, 0) is 11.2 Å². The summed E-state index contributed by atoms with van der Waals surface area (Å²) in [5.74, 6) is -0.330. The number of hydrogen-bond acceptors (Lipinski definition) is 3. The predicted molar refractivity (Wildman–Crippen MR) is 114 cm³/mol. The average molecular weight is 402 g/mol. The largest absolute Gasteiger partial charge is 0.465 e. The highest BCUT2D eigenvalue weighted by atomic mass is 35.5. The zero-order valence-corrected chi connectivity index (χ0v) is 17.8. The summed E-state index contributed by atoms with van der Waals surface area (Å²) in [4.78, 5) is 16.4. The highest BCUT2D eigenvalue weighted by Crippen LogP contribution is 2.35. The maximum Gasteiger partial charge on any atom is 0.337 e. The highest BCUT2D eigenvalue weighted by Gasteiger charge is 2.16. The van der Waals surface area contributed by atoms with E-state index in [0.29, 0.717) is 12.0 Å². The van der Waals surface area contributed by atoms with Crippen LogP contribution in [0.25, 0.3) is 10.9 Å². The molecular weight excluding hydrogens is 378 g/mol. The van der Waals surface area contributed by atoms with Crippen LogP contribution in [0.3, 0.4) is 0 Å². The van der Waals surface area contributed by atoms with Gasteiger partial charge < -0.3 is 9.72 Å². The van der Waals surface area contributed by atoms with Crippen molar-refractivity contribution in [1.29, 1.82) is 0 Å². The van der Waals surface area contributed by atoms with E-state index in [9.17, 15) is 4.79 Å². The summed E-state index contributed by atoms with van der Waals surface area (Å²) in [6.07, 6.45) is 0.704. The van der Waals surface area contributed by atoms with Crippen LogP contribution in [0.4, 0.5) is 0 Å². The van der Waals surface area contributed by atoms with Crippen LogP contribution in [0.2, 0.25) is 5.02 Å². The minimum absolute atomic E-state index is 0.141. The van der Waals surface area contributed by atoms with Crippen LogP contribution in [0.5, 0.6) is 0 Å². The molecule has 0 unspecified atom stereocenters. The fourth-order valence-corrected chi connectivity index (χ4v) is 4.47. The van der Waals surface area contributed by atoms with E-state index in [0.717, 1.165) is 32.7 Å². The molecule has 0 bridgehead atoms. The number of H-pyrrole nitrogens is 1. The normalized spacial score (nSPS) is 11.8. The number of ether oxygens (including phenoxy) is 1. The summed E-state index contributed by atoms with van der Waals surface area (Å²) in [5.41, 5.74) is 4.85. The Kier molecular flexibility index (Phi) is 5.59. The van der Waals surface area contributed by atoms with E-state index in [1.807, 2.05) is 25.1 Å². The number of carbonyl (C=O) groups excluding carboxylic acids is 1. The number of esters is 1. The molecule has 0 aliphatic carbocycles. The van der Waals surface area contributed by atoms with Crippen LogP contribution in [0.15, 0.2) is 41.3 Å². The van der Waals surface area contributed by atoms with Crippen LogP contribution in [-0.4, -0.2) is 22.8 Å². The summed E-state index contributed by atoms with van der Waals surface area (Å²) in [7, 11) is 1.40. The molecule has 5 heteroatoms. The van der Waals surface area contributed by atoms with E-state index in [2.05, 4.69) is 37.9 Å². The molecule has 27 heavy (non-hydrogen) atoms. The van der Waals surface area contributed by atoms with Crippen molar-refractivity contribution in [3.05, 3.63) is 63.8 Å². The molecule has 0 saturated carbocycles. The van der Waals surface area contributed by atoms with Gasteiger partial charge in [0.25, 0.3) is 0 Å². The molecule has 0 radical (unpaired) electrons. The van der Waals surface area contributed by atoms with Crippen LogP contribution >= 0.6 is 23.4 Å². The molecule has 0 atom stereocenters. The van der Waals surface area contributed by atoms with Gasteiger partial charge in [-0.05, 0) is 48.4 Å². The third-order valence-corrected chi connectivity index (χ3v) is 5.81. The first kappa shape index (κ1) is 19.8. The number of rotatable bonds is 4. The maximum atomic E-state index is 11.9. The van der Waals surface area contributed by atoms with Crippen molar-refractivity contribution in [2.45, 2.75) is 43.8 Å². The first-order chi connectivity index (χ1) is 12.7. The Balaban J connectivity index is 1.96. The second kappa shape index (κ2) is 7.61. The van der Waals surface area contributed by atoms with Crippen LogP contribution in [0, 0.1) is 6.92 Å². The molecule has 3 nitrogen and oxygen atoms in total. The van der Waals surface area contributed by atoms with Gasteiger partial charge in [-0.3, -0.25) is 0 Å². The lowest BCUT2D eigenvalue weighted by molar-refractivity contribution is 0.0601. The molecule has 1 heterocycles. The molecule has 0 aliphatic rings. The Morgan fingerprint density at radius 2 is 1.93 bits per heavy atom. The molecule has 1 aromatic heterocycles. The molecule has 3 rings (SSSR count). The Morgan fingerprint density at radius 3 is 2.56 bits per heavy atom. The van der Waals surface area contributed by atoms with Gasteiger partial charge in [0.05, 0.1) is 12.7 Å². The molecule has 0 amide bonds. The van der Waals surface area contributed by atoms with Gasteiger partial charge in [0.2, 0.25) is 0 Å². The predicted octanol–water partition coefficient (Wildman–Crippen LogP) is 6.40. The molecule has 3 aromatic rings. The molecule has 142 valence electrons. The van der Waals surface area contributed by atoms with Crippen molar-refractivity contribution >= 4 is 40.2 Å². The topological polar surface area (TPSA) is 42.1 Å². The zero-order chi connectivity index (χ0) is 19.8. The second-order valence-electron chi connectivity index (χ2n) is 7.62. The molecule has 0 saturated heterocycles. The Hall–Kier alpha value is -1.91. The van der Waals surface area contributed by atoms with E-state index in [-0.39, 0.29) is 10.7 Å². The van der Waals surface area contributed by atoms with Gasteiger partial charge in [-0.2, -0.15) is 0 Å². The number of methoxy groups -OCH3 is 1. The van der Waals surface area contributed by atoms with E-state index in [1.54, 1.807) is 17.8 Å². The number of fused-ring (bicyclic) bond motifs is 1. The molecule has 1 N–H and O–H groups in total. The van der Waals surface area contributed by atoms with Crippen molar-refractivity contribution in [2.75, 3.05) is 7.11 Å². The van der Waals surface area contributed by atoms with Crippen molar-refractivity contribution in [1.82, 2.24) is 4.98 Å². The van der Waals surface area contributed by atoms with Gasteiger partial charge in [0.15, 0.2) is 0 Å². The third-order valence-electron chi connectivity index (χ3n) is 4.36. The monoisotopic (exact) mass is 401 g/mol. The molecular formula is C22H24ClNO2S. The first-order valence-electron chi connectivity index (χ1n) is 8.85. The number of aryl methyl sites for hydroxylation is 1. The average Bonchev–Trinajstić information content (AvgIpc) is 2.90. The van der Waals surface area contributed by atoms with Gasteiger partial charge in [0, 0.05) is 37.7 Å². The number of halogens is 1. The quantitative estimate of drug-likeness (QED) is 0.406. The summed E-state index contributed by atoms with van der Waals surface area (Å²) in [5, 5.41) is 1.79. The highest BCUT2D eigenvalue weighted by molar-refractivity contribution is 8.00. The van der Waals surface area contributed by atoms with E-state index in [1.165, 1.54) is 12.0 Å². The van der Waals surface area contributed by atoms with Crippen molar-refractivity contribution in [3.8, 4) is 0 Å². The van der Waals surface area contributed by atoms with Gasteiger partial charge in [0.1, 0.15) is 0 Å². The number of benzene rings is 2. The summed E-state index contributed by atoms with van der Waals surface area (Å²) < 4.78 is 4.99. The third kappa shape index (κ3) is 4.50. The second-order valence-corrected chi connectivity index (χ2v) is 9.93. The zero-order valence-electron chi connectivity index (χ0n) is 16.3. The van der Waals surface area contributed by atoms with Gasteiger partial charge in [-0.25, -0.2) is 4.79 Å². The number of carbonyl (C=O) groups is 1. The SMILES string of the molecule is COC(=O)c1ccc2[nH]c(C)c(Cc3ccc(SC(C)(C)C)cc3Cl)c2c1. The fraction of sp³-hybridized carbons (Fsp3) is 0.318. The first-order valence-corrected chi connectivity index (χ1v) is 10.0. The smallest absolute Gasteiger partial charge is 0.337 e. The Morgan fingerprint density at radius 1 is 1.19 bits per heavy atom. The molecule has 0 spiro atoms. The van der Waals surface area contributed by atoms with Crippen LogP contribution in [0.1, 0.15) is 48.0 Å². The molecule has 0 fully saturated rings. The number of hydrogen-bond donors (Lipinski definition) is 1. The lowest BCUT2D eigenvalue weighted by Crippen LogP contribution is -2.06. The summed E-state index contributed by atoms with van der Waals surface area (Å²) in [6.45, 7) is 8.61. The lowest BCUT2D eigenvalue weighted by Gasteiger charge is -2.18. The van der Waals surface area contributed by atoms with Crippen LogP contribution < -0.4 is 0 Å².